The maximum absolute atomic E-state index is 12.9. The molecule has 1 amide bonds. The number of carbonyl (C=O) groups excluding carboxylic acids is 2. The second kappa shape index (κ2) is 8.27. The number of hydrogen-bond donors (Lipinski definition) is 0. The first kappa shape index (κ1) is 19.6. The third-order valence-corrected chi connectivity index (χ3v) is 4.55. The summed E-state index contributed by atoms with van der Waals surface area (Å²) in [6, 6.07) is 18.1. The molecule has 6 nitrogen and oxygen atoms in total. The predicted octanol–water partition coefficient (Wildman–Crippen LogP) is 3.82. The van der Waals surface area contributed by atoms with Crippen molar-refractivity contribution < 1.29 is 14.3 Å². The SMILES string of the molecule is Cc1nn(-c2ccccc2)c(Cl)c1C(=O)O[C@@H](C(=O)N(C)C)c1ccccc1. The van der Waals surface area contributed by atoms with Crippen molar-refractivity contribution in [2.75, 3.05) is 14.1 Å². The second-order valence-corrected chi connectivity index (χ2v) is 6.79. The molecule has 7 heteroatoms. The van der Waals surface area contributed by atoms with Crippen LogP contribution in [0.25, 0.3) is 5.69 Å². The molecule has 0 saturated carbocycles. The van der Waals surface area contributed by atoms with Crippen molar-refractivity contribution in [3.05, 3.63) is 82.6 Å². The van der Waals surface area contributed by atoms with Crippen LogP contribution in [-0.2, 0) is 9.53 Å². The first-order chi connectivity index (χ1) is 13.4. The highest BCUT2D eigenvalue weighted by Crippen LogP contribution is 2.27. The number of halogens is 1. The molecule has 0 bridgehead atoms. The van der Waals surface area contributed by atoms with Gasteiger partial charge < -0.3 is 9.64 Å². The van der Waals surface area contributed by atoms with Gasteiger partial charge in [-0.1, -0.05) is 60.1 Å². The van der Waals surface area contributed by atoms with Crippen LogP contribution in [0.3, 0.4) is 0 Å². The van der Waals surface area contributed by atoms with E-state index in [9.17, 15) is 9.59 Å². The van der Waals surface area contributed by atoms with Gasteiger partial charge >= 0.3 is 5.97 Å². The summed E-state index contributed by atoms with van der Waals surface area (Å²) in [5.74, 6) is -1.04. The summed E-state index contributed by atoms with van der Waals surface area (Å²) in [4.78, 5) is 26.9. The molecule has 1 heterocycles. The number of carbonyl (C=O) groups is 2. The zero-order valence-corrected chi connectivity index (χ0v) is 16.6. The lowest BCUT2D eigenvalue weighted by atomic mass is 10.1. The molecule has 0 unspecified atom stereocenters. The largest absolute Gasteiger partial charge is 0.444 e. The van der Waals surface area contributed by atoms with Crippen molar-refractivity contribution in [2.24, 2.45) is 0 Å². The van der Waals surface area contributed by atoms with Crippen LogP contribution < -0.4 is 0 Å². The number of esters is 1. The smallest absolute Gasteiger partial charge is 0.344 e. The molecule has 144 valence electrons. The van der Waals surface area contributed by atoms with E-state index < -0.39 is 12.1 Å². The van der Waals surface area contributed by atoms with Crippen molar-refractivity contribution in [3.63, 3.8) is 0 Å². The zero-order valence-electron chi connectivity index (χ0n) is 15.8. The van der Waals surface area contributed by atoms with E-state index in [0.717, 1.165) is 5.69 Å². The molecular weight excluding hydrogens is 378 g/mol. The first-order valence-electron chi connectivity index (χ1n) is 8.67. The van der Waals surface area contributed by atoms with Crippen LogP contribution in [0.15, 0.2) is 60.7 Å². The van der Waals surface area contributed by atoms with Crippen molar-refractivity contribution >= 4 is 23.5 Å². The van der Waals surface area contributed by atoms with Gasteiger partial charge in [0.2, 0.25) is 6.10 Å². The second-order valence-electron chi connectivity index (χ2n) is 6.43. The summed E-state index contributed by atoms with van der Waals surface area (Å²) in [6.45, 7) is 1.67. The Balaban J connectivity index is 1.95. The molecule has 0 spiro atoms. The fraction of sp³-hybridized carbons (Fsp3) is 0.190. The Hall–Kier alpha value is -3.12. The Morgan fingerprint density at radius 3 is 2.18 bits per heavy atom. The molecule has 3 aromatic rings. The number of ether oxygens (including phenoxy) is 1. The lowest BCUT2D eigenvalue weighted by Gasteiger charge is -2.21. The van der Waals surface area contributed by atoms with Gasteiger partial charge in [0, 0.05) is 19.7 Å². The van der Waals surface area contributed by atoms with Crippen LogP contribution in [0.2, 0.25) is 5.15 Å². The molecule has 0 fully saturated rings. The number of aryl methyl sites for hydroxylation is 1. The quantitative estimate of drug-likeness (QED) is 0.614. The van der Waals surface area contributed by atoms with Gasteiger partial charge in [-0.25, -0.2) is 9.48 Å². The third kappa shape index (κ3) is 3.92. The first-order valence-corrected chi connectivity index (χ1v) is 9.05. The molecule has 2 aromatic carbocycles. The maximum Gasteiger partial charge on any atom is 0.344 e. The summed E-state index contributed by atoms with van der Waals surface area (Å²) < 4.78 is 7.06. The van der Waals surface area contributed by atoms with Gasteiger partial charge in [0.25, 0.3) is 5.91 Å². The average Bonchev–Trinajstić information content (AvgIpc) is 3.01. The van der Waals surface area contributed by atoms with Gasteiger partial charge in [-0.15, -0.1) is 0 Å². The minimum absolute atomic E-state index is 0.137. The highest BCUT2D eigenvalue weighted by Gasteiger charge is 2.30. The van der Waals surface area contributed by atoms with E-state index in [0.29, 0.717) is 11.3 Å². The van der Waals surface area contributed by atoms with Crippen molar-refractivity contribution in [1.82, 2.24) is 14.7 Å². The number of likely N-dealkylation sites (N-methyl/N-ethyl adjacent to an activating group) is 1. The number of para-hydroxylation sites is 1. The standard InChI is InChI=1S/C21H20ClN3O3/c1-14-17(19(22)25(23-14)16-12-8-5-9-13-16)21(27)28-18(20(26)24(2)3)15-10-6-4-7-11-15/h4-13,18H,1-3H3/t18-/m1/s1. The summed E-state index contributed by atoms with van der Waals surface area (Å²) in [5, 5.41) is 4.49. The Morgan fingerprint density at radius 2 is 1.61 bits per heavy atom. The number of amides is 1. The number of nitrogens with zero attached hydrogens (tertiary/aromatic N) is 3. The molecule has 0 aliphatic carbocycles. The van der Waals surface area contributed by atoms with Gasteiger partial charge in [0.1, 0.15) is 10.7 Å². The number of rotatable bonds is 5. The molecule has 0 radical (unpaired) electrons. The summed E-state index contributed by atoms with van der Waals surface area (Å²) in [7, 11) is 3.22. The van der Waals surface area contributed by atoms with E-state index >= 15 is 0 Å². The van der Waals surface area contributed by atoms with Gasteiger partial charge in [0.05, 0.1) is 11.4 Å². The van der Waals surface area contributed by atoms with Gasteiger partial charge in [-0.3, -0.25) is 4.79 Å². The van der Waals surface area contributed by atoms with Crippen LogP contribution in [0, 0.1) is 6.92 Å². The van der Waals surface area contributed by atoms with Crippen LogP contribution >= 0.6 is 11.6 Å². The topological polar surface area (TPSA) is 64.4 Å². The molecule has 0 saturated heterocycles. The Labute approximate surface area is 168 Å². The molecule has 0 aliphatic heterocycles. The molecule has 1 aromatic heterocycles. The van der Waals surface area contributed by atoms with Gasteiger partial charge in [-0.2, -0.15) is 5.10 Å². The Morgan fingerprint density at radius 1 is 1.04 bits per heavy atom. The summed E-state index contributed by atoms with van der Waals surface area (Å²) >= 11 is 6.43. The average molecular weight is 398 g/mol. The number of aromatic nitrogens is 2. The van der Waals surface area contributed by atoms with E-state index in [1.807, 2.05) is 36.4 Å². The Kier molecular flexibility index (Phi) is 5.80. The van der Waals surface area contributed by atoms with E-state index in [1.165, 1.54) is 9.58 Å². The fourth-order valence-electron chi connectivity index (χ4n) is 2.76. The number of benzene rings is 2. The van der Waals surface area contributed by atoms with Crippen molar-refractivity contribution in [3.8, 4) is 5.69 Å². The normalized spacial score (nSPS) is 11.7. The Bertz CT molecular complexity index is 985. The molecule has 0 aliphatic rings. The predicted molar refractivity (Wildman–Crippen MR) is 107 cm³/mol. The highest BCUT2D eigenvalue weighted by molar-refractivity contribution is 6.33. The molecule has 28 heavy (non-hydrogen) atoms. The molecule has 0 N–H and O–H groups in total. The van der Waals surface area contributed by atoms with Crippen LogP contribution in [0.5, 0.6) is 0 Å². The third-order valence-electron chi connectivity index (χ3n) is 4.20. The van der Waals surface area contributed by atoms with E-state index in [1.54, 1.807) is 45.3 Å². The van der Waals surface area contributed by atoms with E-state index in [2.05, 4.69) is 5.10 Å². The van der Waals surface area contributed by atoms with Crippen LogP contribution in [0.1, 0.15) is 27.7 Å². The fourth-order valence-corrected chi connectivity index (χ4v) is 3.11. The monoisotopic (exact) mass is 397 g/mol. The van der Waals surface area contributed by atoms with E-state index in [-0.39, 0.29) is 16.6 Å². The summed E-state index contributed by atoms with van der Waals surface area (Å²) in [5.41, 5.74) is 1.86. The zero-order chi connectivity index (χ0) is 20.3. The number of hydrogen-bond acceptors (Lipinski definition) is 4. The van der Waals surface area contributed by atoms with Crippen molar-refractivity contribution in [2.45, 2.75) is 13.0 Å². The lowest BCUT2D eigenvalue weighted by molar-refractivity contribution is -0.138. The molecule has 1 atom stereocenters. The van der Waals surface area contributed by atoms with Crippen LogP contribution in [0.4, 0.5) is 0 Å². The molecule has 3 rings (SSSR count). The lowest BCUT2D eigenvalue weighted by Crippen LogP contribution is -2.31. The maximum atomic E-state index is 12.9. The minimum Gasteiger partial charge on any atom is -0.444 e. The minimum atomic E-state index is -1.07. The van der Waals surface area contributed by atoms with Crippen LogP contribution in [-0.4, -0.2) is 40.7 Å². The highest BCUT2D eigenvalue weighted by atomic mass is 35.5. The van der Waals surface area contributed by atoms with Crippen molar-refractivity contribution in [1.29, 1.82) is 0 Å². The van der Waals surface area contributed by atoms with E-state index in [4.69, 9.17) is 16.3 Å². The molecular formula is C21H20ClN3O3. The van der Waals surface area contributed by atoms with Gasteiger partial charge in [0.15, 0.2) is 0 Å². The summed E-state index contributed by atoms with van der Waals surface area (Å²) in [6.07, 6.45) is -1.07. The van der Waals surface area contributed by atoms with Gasteiger partial charge in [-0.05, 0) is 19.1 Å².